The summed E-state index contributed by atoms with van der Waals surface area (Å²) in [6.07, 6.45) is 1.57. The second-order valence-corrected chi connectivity index (χ2v) is 10.5. The molecule has 11 heteroatoms. The number of nitriles is 1. The Morgan fingerprint density at radius 3 is 2.53 bits per heavy atom. The van der Waals surface area contributed by atoms with Gasteiger partial charge in [0.2, 0.25) is 11.9 Å². The summed E-state index contributed by atoms with van der Waals surface area (Å²) < 4.78 is 10.5. The van der Waals surface area contributed by atoms with Crippen molar-refractivity contribution >= 4 is 29.7 Å². The summed E-state index contributed by atoms with van der Waals surface area (Å²) >= 11 is 1.59. The quantitative estimate of drug-likeness (QED) is 0.341. The Balaban J connectivity index is 1.79. The maximum Gasteiger partial charge on any atom is 0.413 e. The van der Waals surface area contributed by atoms with Gasteiger partial charge in [-0.2, -0.15) is 17.0 Å². The number of carbonyl (C=O) groups is 2. The highest BCUT2D eigenvalue weighted by Crippen LogP contribution is 2.23. The molecule has 0 radical (unpaired) electrons. The second kappa shape index (κ2) is 15.6. The molecule has 2 saturated heterocycles. The lowest BCUT2D eigenvalue weighted by molar-refractivity contribution is -0.123. The number of guanidine groups is 1. The van der Waals surface area contributed by atoms with Crippen LogP contribution in [0.2, 0.25) is 0 Å². The normalized spacial score (nSPS) is 18.8. The van der Waals surface area contributed by atoms with Crippen LogP contribution in [0.15, 0.2) is 35.3 Å². The number of nitrogens with zero attached hydrogens (tertiary/aromatic N) is 4. The first-order valence-corrected chi connectivity index (χ1v) is 14.6. The van der Waals surface area contributed by atoms with E-state index < -0.39 is 17.7 Å². The van der Waals surface area contributed by atoms with Crippen LogP contribution in [0, 0.1) is 11.3 Å². The van der Waals surface area contributed by atoms with Crippen molar-refractivity contribution in [2.45, 2.75) is 50.4 Å². The van der Waals surface area contributed by atoms with E-state index in [4.69, 9.17) is 14.5 Å². The van der Waals surface area contributed by atoms with E-state index in [1.807, 2.05) is 35.2 Å². The average Bonchev–Trinajstić information content (AvgIpc) is 2.94. The van der Waals surface area contributed by atoms with E-state index in [-0.39, 0.29) is 18.5 Å². The standard InChI is InChI=1S/C27H40N6O4S/c1-3-12-32-13-10-27(21-28,11-14-32)31-24(34)23(20-38-19-22-8-6-5-7-9-22)29-25(30-26(35)37-4-2)33-15-17-36-18-16-33/h5-9,23H,3-4,10-20H2,1-2H3,(H,31,34)(H,29,30,35)/t23-/m0/s1. The monoisotopic (exact) mass is 544 g/mol. The molecule has 1 aromatic carbocycles. The fourth-order valence-corrected chi connectivity index (χ4v) is 5.46. The molecule has 0 spiro atoms. The van der Waals surface area contributed by atoms with Crippen molar-refractivity contribution in [1.29, 1.82) is 5.26 Å². The van der Waals surface area contributed by atoms with Gasteiger partial charge in [-0.1, -0.05) is 37.3 Å². The molecule has 2 heterocycles. The predicted octanol–water partition coefficient (Wildman–Crippen LogP) is 2.61. The molecule has 0 saturated carbocycles. The lowest BCUT2D eigenvalue weighted by atomic mass is 9.88. The maximum atomic E-state index is 13.7. The van der Waals surface area contributed by atoms with E-state index in [1.165, 1.54) is 0 Å². The van der Waals surface area contributed by atoms with Gasteiger partial charge in [0.05, 0.1) is 25.9 Å². The smallest absolute Gasteiger partial charge is 0.413 e. The van der Waals surface area contributed by atoms with Crippen molar-refractivity contribution in [3.8, 4) is 6.07 Å². The van der Waals surface area contributed by atoms with Crippen molar-refractivity contribution in [2.75, 3.05) is 58.3 Å². The van der Waals surface area contributed by atoms with Crippen LogP contribution in [0.1, 0.15) is 38.7 Å². The van der Waals surface area contributed by atoms with E-state index in [2.05, 4.69) is 28.5 Å². The van der Waals surface area contributed by atoms with E-state index in [9.17, 15) is 14.9 Å². The Labute approximate surface area is 230 Å². The molecule has 0 aliphatic carbocycles. The van der Waals surface area contributed by atoms with Gasteiger partial charge in [-0.15, -0.1) is 0 Å². The zero-order valence-corrected chi connectivity index (χ0v) is 23.3. The summed E-state index contributed by atoms with van der Waals surface area (Å²) in [4.78, 5) is 35.0. The van der Waals surface area contributed by atoms with Gasteiger partial charge in [0.1, 0.15) is 11.6 Å². The molecule has 1 atom stereocenters. The first-order valence-electron chi connectivity index (χ1n) is 13.4. The summed E-state index contributed by atoms with van der Waals surface area (Å²) in [6.45, 7) is 8.67. The number of hydrogen-bond acceptors (Lipinski definition) is 8. The maximum absolute atomic E-state index is 13.7. The molecular weight excluding hydrogens is 504 g/mol. The molecule has 10 nitrogen and oxygen atoms in total. The summed E-state index contributed by atoms with van der Waals surface area (Å²) in [7, 11) is 0. The van der Waals surface area contributed by atoms with Crippen molar-refractivity contribution in [1.82, 2.24) is 20.4 Å². The summed E-state index contributed by atoms with van der Waals surface area (Å²) in [5, 5.41) is 15.8. The van der Waals surface area contributed by atoms with Gasteiger partial charge in [0, 0.05) is 37.7 Å². The Hall–Kier alpha value is -2.81. The molecule has 0 unspecified atom stereocenters. The lowest BCUT2D eigenvalue weighted by Crippen LogP contribution is -2.57. The van der Waals surface area contributed by atoms with Crippen molar-refractivity contribution in [3.63, 3.8) is 0 Å². The minimum absolute atomic E-state index is 0.221. The SMILES string of the molecule is CCCN1CCC(C#N)(NC(=O)[C@H](CSCc2ccccc2)N=C(NC(=O)OCC)N2CCOCC2)CC1. The Morgan fingerprint density at radius 2 is 1.89 bits per heavy atom. The van der Waals surface area contributed by atoms with Crippen LogP contribution in [0.3, 0.4) is 0 Å². The van der Waals surface area contributed by atoms with E-state index in [0.29, 0.717) is 50.7 Å². The number of alkyl carbamates (subject to hydrolysis) is 1. The van der Waals surface area contributed by atoms with Crippen molar-refractivity contribution in [2.24, 2.45) is 4.99 Å². The molecule has 2 fully saturated rings. The number of aliphatic imine (C=N–C) groups is 1. The third kappa shape index (κ3) is 9.19. The van der Waals surface area contributed by atoms with Crippen molar-refractivity contribution < 1.29 is 19.1 Å². The van der Waals surface area contributed by atoms with Crippen LogP contribution in [-0.4, -0.2) is 97.6 Å². The van der Waals surface area contributed by atoms with Crippen LogP contribution in [-0.2, 0) is 20.0 Å². The van der Waals surface area contributed by atoms with Gasteiger partial charge in [-0.3, -0.25) is 10.1 Å². The number of ether oxygens (including phenoxy) is 2. The number of benzene rings is 1. The van der Waals surface area contributed by atoms with Crippen LogP contribution in [0.25, 0.3) is 0 Å². The second-order valence-electron chi connectivity index (χ2n) is 9.44. The number of likely N-dealkylation sites (tertiary alicyclic amines) is 1. The fraction of sp³-hybridized carbons (Fsp3) is 0.630. The van der Waals surface area contributed by atoms with E-state index in [1.54, 1.807) is 18.7 Å². The largest absolute Gasteiger partial charge is 0.450 e. The topological polar surface area (TPSA) is 119 Å². The molecule has 208 valence electrons. The fourth-order valence-electron chi connectivity index (χ4n) is 4.47. The minimum Gasteiger partial charge on any atom is -0.450 e. The molecule has 2 aliphatic rings. The molecule has 2 aliphatic heterocycles. The first-order chi connectivity index (χ1) is 18.5. The Kier molecular flexibility index (Phi) is 12.2. The van der Waals surface area contributed by atoms with Gasteiger partial charge in [-0.05, 0) is 38.3 Å². The average molecular weight is 545 g/mol. The van der Waals surface area contributed by atoms with Crippen LogP contribution in [0.4, 0.5) is 4.79 Å². The number of amides is 2. The third-order valence-electron chi connectivity index (χ3n) is 6.59. The minimum atomic E-state index is -0.924. The van der Waals surface area contributed by atoms with E-state index in [0.717, 1.165) is 31.6 Å². The number of nitrogens with one attached hydrogen (secondary N) is 2. The number of piperidine rings is 1. The highest BCUT2D eigenvalue weighted by molar-refractivity contribution is 7.98. The number of thioether (sulfide) groups is 1. The molecular formula is C27H40N6O4S. The lowest BCUT2D eigenvalue weighted by Gasteiger charge is -2.38. The van der Waals surface area contributed by atoms with Gasteiger partial charge in [0.15, 0.2) is 0 Å². The Bertz CT molecular complexity index is 956. The molecule has 38 heavy (non-hydrogen) atoms. The first kappa shape index (κ1) is 29.7. The summed E-state index contributed by atoms with van der Waals surface area (Å²) in [5.41, 5.74) is 0.225. The number of hydrogen-bond donors (Lipinski definition) is 2. The van der Waals surface area contributed by atoms with Crippen LogP contribution >= 0.6 is 11.8 Å². The van der Waals surface area contributed by atoms with Crippen molar-refractivity contribution in [3.05, 3.63) is 35.9 Å². The predicted molar refractivity (Wildman–Crippen MR) is 149 cm³/mol. The number of carbonyl (C=O) groups excluding carboxylic acids is 2. The summed E-state index contributed by atoms with van der Waals surface area (Å²) in [6, 6.07) is 11.6. The molecule has 0 bridgehead atoms. The third-order valence-corrected chi connectivity index (χ3v) is 7.68. The van der Waals surface area contributed by atoms with Crippen LogP contribution in [0.5, 0.6) is 0 Å². The molecule has 3 rings (SSSR count). The highest BCUT2D eigenvalue weighted by atomic mass is 32.2. The number of morpholine rings is 1. The van der Waals surface area contributed by atoms with Gasteiger partial charge in [-0.25, -0.2) is 9.79 Å². The molecule has 1 aromatic rings. The summed E-state index contributed by atoms with van der Waals surface area (Å²) in [5.74, 6) is 1.08. The molecule has 2 N–H and O–H groups in total. The number of rotatable bonds is 10. The van der Waals surface area contributed by atoms with Gasteiger partial charge >= 0.3 is 6.09 Å². The Morgan fingerprint density at radius 1 is 1.18 bits per heavy atom. The highest BCUT2D eigenvalue weighted by Gasteiger charge is 2.38. The van der Waals surface area contributed by atoms with E-state index >= 15 is 0 Å². The molecule has 0 aromatic heterocycles. The molecule has 2 amide bonds. The van der Waals surface area contributed by atoms with Gasteiger partial charge < -0.3 is 24.6 Å². The van der Waals surface area contributed by atoms with Crippen LogP contribution < -0.4 is 10.6 Å². The zero-order valence-electron chi connectivity index (χ0n) is 22.5. The van der Waals surface area contributed by atoms with Gasteiger partial charge in [0.25, 0.3) is 0 Å². The zero-order chi connectivity index (χ0) is 27.2.